The van der Waals surface area contributed by atoms with E-state index in [1.54, 1.807) is 24.4 Å². The quantitative estimate of drug-likeness (QED) is 0.452. The van der Waals surface area contributed by atoms with E-state index in [0.717, 1.165) is 5.56 Å². The number of nitrogen functional groups attached to an aromatic ring is 1. The molecule has 3 heterocycles. The van der Waals surface area contributed by atoms with Crippen molar-refractivity contribution in [1.29, 1.82) is 5.26 Å². The highest BCUT2D eigenvalue weighted by Crippen LogP contribution is 2.28. The first kappa shape index (κ1) is 20.0. The third-order valence-corrected chi connectivity index (χ3v) is 4.65. The predicted molar refractivity (Wildman–Crippen MR) is 110 cm³/mol. The van der Waals surface area contributed by atoms with Gasteiger partial charge in [-0.15, -0.1) is 0 Å². The van der Waals surface area contributed by atoms with Gasteiger partial charge in [0, 0.05) is 11.9 Å². The third-order valence-electron chi connectivity index (χ3n) is 4.65. The van der Waals surface area contributed by atoms with Crippen LogP contribution in [0, 0.1) is 11.3 Å². The zero-order valence-electron chi connectivity index (χ0n) is 16.3. The van der Waals surface area contributed by atoms with E-state index in [1.807, 2.05) is 19.1 Å². The maximum atomic E-state index is 12.7. The van der Waals surface area contributed by atoms with Crippen molar-refractivity contribution < 1.29 is 13.5 Å². The molecule has 31 heavy (non-hydrogen) atoms. The third kappa shape index (κ3) is 4.06. The van der Waals surface area contributed by atoms with Crippen molar-refractivity contribution in [3.8, 4) is 23.2 Å². The van der Waals surface area contributed by atoms with Crippen LogP contribution in [0.25, 0.3) is 17.0 Å². The minimum atomic E-state index is -2.98. The number of alkyl halides is 2. The number of anilines is 2. The van der Waals surface area contributed by atoms with Gasteiger partial charge in [-0.3, -0.25) is 4.40 Å². The molecule has 0 aliphatic heterocycles. The van der Waals surface area contributed by atoms with E-state index in [-0.39, 0.29) is 23.0 Å². The Morgan fingerprint density at radius 1 is 1.16 bits per heavy atom. The number of nitriles is 1. The Morgan fingerprint density at radius 3 is 2.65 bits per heavy atom. The number of nitrogens with one attached hydrogen (secondary N) is 1. The Bertz CT molecular complexity index is 1270. The standard InChI is InChI=1S/C21H17F2N7O/c1-12(13-4-6-15(25)7-5-13)28-21-27-10-14(9-24)18(29-21)16-11-26-19-17(31-20(22)23)3-2-8-30(16)19/h2-8,10-12,20H,25H2,1H3,(H,27,28,29)/t12-/m0/s1. The molecule has 0 amide bonds. The minimum absolute atomic E-state index is 0.0772. The van der Waals surface area contributed by atoms with Gasteiger partial charge in [0.05, 0.1) is 29.7 Å². The number of hydrogen-bond donors (Lipinski definition) is 2. The average Bonchev–Trinajstić information content (AvgIpc) is 3.19. The summed E-state index contributed by atoms with van der Waals surface area (Å²) in [5, 5.41) is 12.7. The number of hydrogen-bond acceptors (Lipinski definition) is 7. The van der Waals surface area contributed by atoms with Crippen LogP contribution in [0.5, 0.6) is 5.75 Å². The minimum Gasteiger partial charge on any atom is -0.431 e. The summed E-state index contributed by atoms with van der Waals surface area (Å²) in [6, 6.07) is 12.3. The molecule has 0 aliphatic rings. The van der Waals surface area contributed by atoms with Gasteiger partial charge in [0.1, 0.15) is 11.8 Å². The molecule has 0 saturated carbocycles. The summed E-state index contributed by atoms with van der Waals surface area (Å²) in [5.41, 5.74) is 8.53. The summed E-state index contributed by atoms with van der Waals surface area (Å²) in [7, 11) is 0. The van der Waals surface area contributed by atoms with Crippen LogP contribution >= 0.6 is 0 Å². The van der Waals surface area contributed by atoms with Crippen LogP contribution in [-0.4, -0.2) is 26.0 Å². The number of nitrogens with zero attached hydrogens (tertiary/aromatic N) is 5. The number of benzene rings is 1. The van der Waals surface area contributed by atoms with Crippen molar-refractivity contribution in [3.63, 3.8) is 0 Å². The highest BCUT2D eigenvalue weighted by molar-refractivity contribution is 5.69. The molecule has 0 fully saturated rings. The fraction of sp³-hybridized carbons (Fsp3) is 0.143. The first-order chi connectivity index (χ1) is 15.0. The van der Waals surface area contributed by atoms with Gasteiger partial charge in [-0.25, -0.2) is 15.0 Å². The van der Waals surface area contributed by atoms with Crippen molar-refractivity contribution in [2.75, 3.05) is 11.1 Å². The van der Waals surface area contributed by atoms with Gasteiger partial charge < -0.3 is 15.8 Å². The molecule has 3 aromatic heterocycles. The van der Waals surface area contributed by atoms with Gasteiger partial charge in [-0.1, -0.05) is 12.1 Å². The molecule has 4 rings (SSSR count). The Morgan fingerprint density at radius 2 is 1.94 bits per heavy atom. The molecule has 1 aromatic carbocycles. The van der Waals surface area contributed by atoms with Gasteiger partial charge in [-0.2, -0.15) is 14.0 Å². The van der Waals surface area contributed by atoms with Gasteiger partial charge >= 0.3 is 6.61 Å². The fourth-order valence-electron chi connectivity index (χ4n) is 3.14. The highest BCUT2D eigenvalue weighted by Gasteiger charge is 2.18. The van der Waals surface area contributed by atoms with Crippen molar-refractivity contribution in [2.24, 2.45) is 0 Å². The maximum Gasteiger partial charge on any atom is 0.387 e. The van der Waals surface area contributed by atoms with E-state index in [2.05, 4.69) is 31.1 Å². The molecule has 0 aliphatic carbocycles. The van der Waals surface area contributed by atoms with E-state index in [1.165, 1.54) is 22.9 Å². The van der Waals surface area contributed by atoms with Crippen LogP contribution < -0.4 is 15.8 Å². The zero-order valence-corrected chi connectivity index (χ0v) is 16.3. The van der Waals surface area contributed by atoms with E-state index in [4.69, 9.17) is 5.73 Å². The second-order valence-electron chi connectivity index (χ2n) is 6.69. The van der Waals surface area contributed by atoms with Crippen molar-refractivity contribution >= 4 is 17.3 Å². The molecule has 156 valence electrons. The average molecular weight is 421 g/mol. The van der Waals surface area contributed by atoms with Gasteiger partial charge in [0.25, 0.3) is 0 Å². The first-order valence-corrected chi connectivity index (χ1v) is 9.26. The molecule has 0 radical (unpaired) electrons. The summed E-state index contributed by atoms with van der Waals surface area (Å²) in [4.78, 5) is 12.9. The molecule has 3 N–H and O–H groups in total. The number of fused-ring (bicyclic) bond motifs is 1. The Balaban J connectivity index is 1.72. The highest BCUT2D eigenvalue weighted by atomic mass is 19.3. The van der Waals surface area contributed by atoms with E-state index < -0.39 is 6.61 Å². The van der Waals surface area contributed by atoms with Gasteiger partial charge in [0.15, 0.2) is 11.4 Å². The monoisotopic (exact) mass is 421 g/mol. The van der Waals surface area contributed by atoms with Crippen LogP contribution in [-0.2, 0) is 0 Å². The number of rotatable bonds is 6. The smallest absolute Gasteiger partial charge is 0.387 e. The SMILES string of the molecule is C[C@H](Nc1ncc(C#N)c(-c2cnc3c(OC(F)F)cccn23)n1)c1ccc(N)cc1. The van der Waals surface area contributed by atoms with Crippen LogP contribution in [0.15, 0.2) is 55.0 Å². The number of pyridine rings is 1. The van der Waals surface area contributed by atoms with Crippen molar-refractivity contribution in [3.05, 3.63) is 66.1 Å². The van der Waals surface area contributed by atoms with Crippen LogP contribution in [0.3, 0.4) is 0 Å². The molecule has 0 unspecified atom stereocenters. The molecular formula is C21H17F2N7O. The lowest BCUT2D eigenvalue weighted by molar-refractivity contribution is -0.0491. The lowest BCUT2D eigenvalue weighted by atomic mass is 10.1. The molecule has 4 aromatic rings. The summed E-state index contributed by atoms with van der Waals surface area (Å²) >= 11 is 0. The molecule has 0 spiro atoms. The summed E-state index contributed by atoms with van der Waals surface area (Å²) < 4.78 is 31.5. The lowest BCUT2D eigenvalue weighted by Crippen LogP contribution is -2.10. The molecular weight excluding hydrogens is 404 g/mol. The molecule has 0 saturated heterocycles. The molecule has 1 atom stereocenters. The van der Waals surface area contributed by atoms with Crippen LogP contribution in [0.1, 0.15) is 24.1 Å². The number of imidazole rings is 1. The maximum absolute atomic E-state index is 12.7. The fourth-order valence-corrected chi connectivity index (χ4v) is 3.14. The van der Waals surface area contributed by atoms with Gasteiger partial charge in [0.2, 0.25) is 5.95 Å². The van der Waals surface area contributed by atoms with E-state index in [0.29, 0.717) is 23.0 Å². The van der Waals surface area contributed by atoms with Gasteiger partial charge in [-0.05, 0) is 36.8 Å². The number of aromatic nitrogens is 4. The van der Waals surface area contributed by atoms with E-state index >= 15 is 0 Å². The Hall–Kier alpha value is -4.26. The second kappa shape index (κ2) is 8.23. The summed E-state index contributed by atoms with van der Waals surface area (Å²) in [6.07, 6.45) is 4.48. The largest absolute Gasteiger partial charge is 0.431 e. The number of nitrogens with two attached hydrogens (primary N) is 1. The topological polar surface area (TPSA) is 114 Å². The Labute approximate surface area is 176 Å². The van der Waals surface area contributed by atoms with Crippen molar-refractivity contribution in [1.82, 2.24) is 19.4 Å². The lowest BCUT2D eigenvalue weighted by Gasteiger charge is -2.15. The first-order valence-electron chi connectivity index (χ1n) is 9.26. The summed E-state index contributed by atoms with van der Waals surface area (Å²) in [6.45, 7) is -1.04. The zero-order chi connectivity index (χ0) is 22.0. The normalized spacial score (nSPS) is 12.0. The van der Waals surface area contributed by atoms with Crippen molar-refractivity contribution in [2.45, 2.75) is 19.6 Å². The molecule has 8 nitrogen and oxygen atoms in total. The molecule has 10 heteroatoms. The predicted octanol–water partition coefficient (Wildman–Crippen LogP) is 4.02. The van der Waals surface area contributed by atoms with Crippen LogP contribution in [0.2, 0.25) is 0 Å². The Kier molecular flexibility index (Phi) is 5.32. The number of ether oxygens (including phenoxy) is 1. The summed E-state index contributed by atoms with van der Waals surface area (Å²) in [5.74, 6) is 0.222. The molecule has 0 bridgehead atoms. The van der Waals surface area contributed by atoms with Crippen LogP contribution in [0.4, 0.5) is 20.4 Å². The van der Waals surface area contributed by atoms with E-state index in [9.17, 15) is 14.0 Å². The number of halogens is 2. The second-order valence-corrected chi connectivity index (χ2v) is 6.69.